The number of carbonyl (C=O) groups excluding carboxylic acids is 1. The number of carboxylic acids is 1. The molecule has 0 radical (unpaired) electrons. The predicted octanol–water partition coefficient (Wildman–Crippen LogP) is 2.27. The highest BCUT2D eigenvalue weighted by Gasteiger charge is 2.41. The molecule has 2 rings (SSSR count). The van der Waals surface area contributed by atoms with Gasteiger partial charge in [-0.15, -0.1) is 0 Å². The molecule has 1 aromatic carbocycles. The Labute approximate surface area is 133 Å². The van der Waals surface area contributed by atoms with Gasteiger partial charge >= 0.3 is 5.97 Å². The molecule has 1 unspecified atom stereocenters. The zero-order valence-corrected chi connectivity index (χ0v) is 12.6. The summed E-state index contributed by atoms with van der Waals surface area (Å²) in [6.45, 7) is 1.65. The van der Waals surface area contributed by atoms with Crippen LogP contribution in [0.4, 0.5) is 4.39 Å². The molecule has 2 aromatic rings. The highest BCUT2D eigenvalue weighted by atomic mass is 19.1. The van der Waals surface area contributed by atoms with Gasteiger partial charge in [0.05, 0.1) is 12.1 Å². The van der Waals surface area contributed by atoms with E-state index in [0.717, 1.165) is 0 Å². The van der Waals surface area contributed by atoms with Crippen molar-refractivity contribution < 1.29 is 19.1 Å². The number of carboxylic acid groups (broad SMARTS) is 1. The Morgan fingerprint density at radius 1 is 1.22 bits per heavy atom. The predicted molar refractivity (Wildman–Crippen MR) is 82.1 cm³/mol. The first kappa shape index (κ1) is 16.6. The molecule has 1 heterocycles. The first-order valence-corrected chi connectivity index (χ1v) is 7.19. The van der Waals surface area contributed by atoms with Crippen molar-refractivity contribution in [3.63, 3.8) is 0 Å². The van der Waals surface area contributed by atoms with Gasteiger partial charge in [-0.3, -0.25) is 9.78 Å². The fourth-order valence-electron chi connectivity index (χ4n) is 2.36. The molecule has 2 N–H and O–H groups in total. The first-order chi connectivity index (χ1) is 11.0. The summed E-state index contributed by atoms with van der Waals surface area (Å²) in [6.07, 6.45) is 1.34. The lowest BCUT2D eigenvalue weighted by Gasteiger charge is -2.28. The minimum atomic E-state index is -1.64. The van der Waals surface area contributed by atoms with Gasteiger partial charge in [-0.1, -0.05) is 31.2 Å². The maximum Gasteiger partial charge on any atom is 0.335 e. The number of pyridine rings is 1. The molecule has 0 fully saturated rings. The Kier molecular flexibility index (Phi) is 5.05. The van der Waals surface area contributed by atoms with Gasteiger partial charge in [-0.2, -0.15) is 0 Å². The Balaban J connectivity index is 2.27. The van der Waals surface area contributed by atoms with E-state index in [4.69, 9.17) is 0 Å². The summed E-state index contributed by atoms with van der Waals surface area (Å²) in [7, 11) is 0. The van der Waals surface area contributed by atoms with Crippen LogP contribution in [0.5, 0.6) is 0 Å². The maximum atomic E-state index is 13.6. The van der Waals surface area contributed by atoms with Crippen molar-refractivity contribution in [2.24, 2.45) is 0 Å². The quantitative estimate of drug-likeness (QED) is 0.857. The number of nitrogens with zero attached hydrogens (tertiary/aromatic N) is 1. The van der Waals surface area contributed by atoms with Crippen molar-refractivity contribution in [2.75, 3.05) is 0 Å². The van der Waals surface area contributed by atoms with Gasteiger partial charge in [-0.05, 0) is 30.2 Å². The minimum Gasteiger partial charge on any atom is -0.479 e. The van der Waals surface area contributed by atoms with Gasteiger partial charge in [-0.25, -0.2) is 9.18 Å². The molecule has 5 nitrogen and oxygen atoms in total. The van der Waals surface area contributed by atoms with E-state index in [1.54, 1.807) is 31.2 Å². The lowest BCUT2D eigenvalue weighted by molar-refractivity contribution is -0.148. The lowest BCUT2D eigenvalue weighted by atomic mass is 9.91. The second kappa shape index (κ2) is 7.00. The molecule has 0 aliphatic rings. The van der Waals surface area contributed by atoms with Gasteiger partial charge < -0.3 is 10.4 Å². The van der Waals surface area contributed by atoms with E-state index >= 15 is 0 Å². The average Bonchev–Trinajstić information content (AvgIpc) is 2.55. The Morgan fingerprint density at radius 3 is 2.48 bits per heavy atom. The summed E-state index contributed by atoms with van der Waals surface area (Å²) >= 11 is 0. The average molecular weight is 316 g/mol. The topological polar surface area (TPSA) is 79.3 Å². The molecule has 23 heavy (non-hydrogen) atoms. The van der Waals surface area contributed by atoms with Crippen molar-refractivity contribution in [1.29, 1.82) is 0 Å². The SMILES string of the molecule is CCC(NC(=O)Cc1ccccc1F)(C(=O)O)c1ccccn1. The molecule has 0 bridgehead atoms. The van der Waals surface area contributed by atoms with Crippen LogP contribution >= 0.6 is 0 Å². The molecule has 1 amide bonds. The van der Waals surface area contributed by atoms with E-state index in [1.807, 2.05) is 0 Å². The Hall–Kier alpha value is -2.76. The van der Waals surface area contributed by atoms with Crippen molar-refractivity contribution in [1.82, 2.24) is 10.3 Å². The van der Waals surface area contributed by atoms with Crippen molar-refractivity contribution >= 4 is 11.9 Å². The number of hydrogen-bond acceptors (Lipinski definition) is 3. The molecular weight excluding hydrogens is 299 g/mol. The van der Waals surface area contributed by atoms with Crippen LogP contribution < -0.4 is 5.32 Å². The van der Waals surface area contributed by atoms with Gasteiger partial charge in [0.25, 0.3) is 0 Å². The smallest absolute Gasteiger partial charge is 0.335 e. The van der Waals surface area contributed by atoms with Crippen molar-refractivity contribution in [3.05, 3.63) is 65.7 Å². The lowest BCUT2D eigenvalue weighted by Crippen LogP contribution is -2.52. The normalized spacial score (nSPS) is 13.1. The summed E-state index contributed by atoms with van der Waals surface area (Å²) in [5.41, 5.74) is -1.19. The maximum absolute atomic E-state index is 13.6. The molecule has 0 aliphatic heterocycles. The summed E-state index contributed by atoms with van der Waals surface area (Å²) in [5.74, 6) is -2.29. The van der Waals surface area contributed by atoms with Crippen LogP contribution in [0.25, 0.3) is 0 Å². The number of carbonyl (C=O) groups is 2. The first-order valence-electron chi connectivity index (χ1n) is 7.19. The second-order valence-corrected chi connectivity index (χ2v) is 5.10. The number of nitrogens with one attached hydrogen (secondary N) is 1. The van der Waals surface area contributed by atoms with Crippen LogP contribution in [0.1, 0.15) is 24.6 Å². The summed E-state index contributed by atoms with van der Waals surface area (Å²) in [6, 6.07) is 10.7. The number of amides is 1. The van der Waals surface area contributed by atoms with E-state index in [0.29, 0.717) is 0 Å². The van der Waals surface area contributed by atoms with Gasteiger partial charge in [0.1, 0.15) is 5.82 Å². The van der Waals surface area contributed by atoms with Crippen LogP contribution in [0, 0.1) is 5.82 Å². The van der Waals surface area contributed by atoms with Crippen LogP contribution in [0.2, 0.25) is 0 Å². The fourth-order valence-corrected chi connectivity index (χ4v) is 2.36. The highest BCUT2D eigenvalue weighted by Crippen LogP contribution is 2.24. The number of aromatic nitrogens is 1. The zero-order chi connectivity index (χ0) is 16.9. The number of aliphatic carboxylic acids is 1. The van der Waals surface area contributed by atoms with Crippen LogP contribution in [-0.4, -0.2) is 22.0 Å². The van der Waals surface area contributed by atoms with E-state index in [1.165, 1.54) is 24.4 Å². The third kappa shape index (κ3) is 3.53. The molecule has 0 spiro atoms. The van der Waals surface area contributed by atoms with Gasteiger partial charge in [0.15, 0.2) is 5.54 Å². The highest BCUT2D eigenvalue weighted by molar-refractivity contribution is 5.88. The molecule has 0 aliphatic carbocycles. The standard InChI is InChI=1S/C17H17FN2O3/c1-2-17(16(22)23,14-9-5-6-10-19-14)20-15(21)11-12-7-3-4-8-13(12)18/h3-10H,2,11H2,1H3,(H,20,21)(H,22,23). The summed E-state index contributed by atoms with van der Waals surface area (Å²) in [5, 5.41) is 12.1. The number of rotatable bonds is 6. The number of halogens is 1. The molecule has 1 aromatic heterocycles. The summed E-state index contributed by atoms with van der Waals surface area (Å²) < 4.78 is 13.6. The van der Waals surface area contributed by atoms with E-state index < -0.39 is 23.2 Å². The molecule has 0 saturated heterocycles. The number of benzene rings is 1. The molecule has 0 saturated carbocycles. The minimum absolute atomic E-state index is 0.113. The molecule has 120 valence electrons. The monoisotopic (exact) mass is 316 g/mol. The van der Waals surface area contributed by atoms with E-state index in [9.17, 15) is 19.1 Å². The third-order valence-corrected chi connectivity index (χ3v) is 3.66. The van der Waals surface area contributed by atoms with Crippen molar-refractivity contribution in [3.8, 4) is 0 Å². The van der Waals surface area contributed by atoms with E-state index in [2.05, 4.69) is 10.3 Å². The van der Waals surface area contributed by atoms with E-state index in [-0.39, 0.29) is 24.1 Å². The van der Waals surface area contributed by atoms with Crippen LogP contribution in [0.3, 0.4) is 0 Å². The number of hydrogen-bond donors (Lipinski definition) is 2. The second-order valence-electron chi connectivity index (χ2n) is 5.10. The van der Waals surface area contributed by atoms with Crippen LogP contribution in [0.15, 0.2) is 48.7 Å². The Bertz CT molecular complexity index is 706. The molecule has 6 heteroatoms. The van der Waals surface area contributed by atoms with Gasteiger partial charge in [0, 0.05) is 6.20 Å². The van der Waals surface area contributed by atoms with Crippen molar-refractivity contribution in [2.45, 2.75) is 25.3 Å². The molecular formula is C17H17FN2O3. The zero-order valence-electron chi connectivity index (χ0n) is 12.6. The third-order valence-electron chi connectivity index (χ3n) is 3.66. The summed E-state index contributed by atoms with van der Waals surface area (Å²) in [4.78, 5) is 28.1. The largest absolute Gasteiger partial charge is 0.479 e. The fraction of sp³-hybridized carbons (Fsp3) is 0.235. The van der Waals surface area contributed by atoms with Crippen LogP contribution in [-0.2, 0) is 21.5 Å². The van der Waals surface area contributed by atoms with Gasteiger partial charge in [0.2, 0.25) is 5.91 Å². The Morgan fingerprint density at radius 2 is 1.91 bits per heavy atom. The molecule has 1 atom stereocenters.